The molecule has 0 aliphatic carbocycles. The fourth-order valence-electron chi connectivity index (χ4n) is 21.2. The van der Waals surface area contributed by atoms with Crippen LogP contribution in [0.2, 0.25) is 0 Å². The van der Waals surface area contributed by atoms with Gasteiger partial charge in [0.25, 0.3) is 5.09 Å². The van der Waals surface area contributed by atoms with Gasteiger partial charge in [0.1, 0.15) is 48.2 Å². The zero-order valence-corrected chi connectivity index (χ0v) is 66.2. The fourth-order valence-corrected chi connectivity index (χ4v) is 24.6. The Morgan fingerprint density at radius 2 is 1.02 bits per heavy atom. The zero-order chi connectivity index (χ0) is 77.6. The fraction of sp³-hybridized carbons (Fsp3) is 0.469. The Bertz CT molecular complexity index is 5300. The number of para-hydroxylation sites is 2. The number of hydrogen-bond acceptors (Lipinski definition) is 28. The molecule has 14 aliphatic rings. The number of likely N-dealkylation sites (N-methyl/N-ethyl adjacent to an activating group) is 2. The van der Waals surface area contributed by atoms with Crippen molar-refractivity contribution in [2.24, 2.45) is 0 Å². The van der Waals surface area contributed by atoms with E-state index in [0.717, 1.165) is 99.8 Å². The van der Waals surface area contributed by atoms with Gasteiger partial charge >= 0.3 is 11.9 Å². The molecule has 8 bridgehead atoms. The van der Waals surface area contributed by atoms with Crippen molar-refractivity contribution in [1.29, 1.82) is 5.26 Å². The average Bonchev–Trinajstić information content (AvgIpc) is 0.936. The molecular formula is C81H86AgN8O20S2. The number of aliphatic hydroxyl groups excluding tert-OH is 3. The summed E-state index contributed by atoms with van der Waals surface area (Å²) in [6.45, 7) is 11.8. The molecule has 1 radical (unpaired) electrons. The maximum atomic E-state index is 14.9. The molecule has 8 aromatic rings. The van der Waals surface area contributed by atoms with Crippen LogP contribution in [0.1, 0.15) is 135 Å². The Morgan fingerprint density at radius 1 is 0.607 bits per heavy atom. The van der Waals surface area contributed by atoms with Crippen LogP contribution < -0.4 is 39.1 Å². The minimum absolute atomic E-state index is 0. The first kappa shape index (κ1) is 76.2. The summed E-state index contributed by atoms with van der Waals surface area (Å²) in [6, 6.07) is 17.8. The molecule has 112 heavy (non-hydrogen) atoms. The molecule has 4 fully saturated rings. The normalized spacial score (nSPS) is 30.1. The van der Waals surface area contributed by atoms with E-state index >= 15 is 0 Å². The van der Waals surface area contributed by atoms with Crippen LogP contribution >= 0.6 is 23.5 Å². The van der Waals surface area contributed by atoms with Gasteiger partial charge in [0.2, 0.25) is 13.6 Å². The van der Waals surface area contributed by atoms with Crippen LogP contribution in [0.3, 0.4) is 0 Å². The van der Waals surface area contributed by atoms with Crippen LogP contribution in [0, 0.1) is 63.0 Å². The van der Waals surface area contributed by atoms with Crippen LogP contribution in [0.25, 0.3) is 21.9 Å². The second-order valence-electron chi connectivity index (χ2n) is 31.2. The van der Waals surface area contributed by atoms with Crippen molar-refractivity contribution in [3.8, 4) is 52.1 Å². The maximum Gasteiger partial charge on any atom is 0.335 e. The van der Waals surface area contributed by atoms with Crippen molar-refractivity contribution in [2.45, 2.75) is 161 Å². The van der Waals surface area contributed by atoms with Gasteiger partial charge in [-0.25, -0.2) is 9.59 Å². The quantitative estimate of drug-likeness (QED) is 0.0354. The molecule has 0 unspecified atom stereocenters. The number of aromatic hydroxyl groups is 2. The number of aryl methyl sites for hydroxylation is 2. The first-order valence-corrected chi connectivity index (χ1v) is 39.5. The number of hydrogen-bond donors (Lipinski definition) is 8. The third-order valence-electron chi connectivity index (χ3n) is 26.0. The van der Waals surface area contributed by atoms with Crippen molar-refractivity contribution in [2.75, 3.05) is 79.8 Å². The molecule has 0 saturated carbocycles. The molecule has 31 heteroatoms. The molecule has 16 atom stereocenters. The summed E-state index contributed by atoms with van der Waals surface area (Å²) in [5.74, 6) is 4.13. The van der Waals surface area contributed by atoms with Crippen molar-refractivity contribution in [3.63, 3.8) is 0 Å². The molecule has 4 saturated heterocycles. The van der Waals surface area contributed by atoms with Crippen molar-refractivity contribution in [1.82, 2.24) is 30.2 Å². The largest absolute Gasteiger partial charge is 0.504 e. The number of furan rings is 2. The Morgan fingerprint density at radius 3 is 1.46 bits per heavy atom. The number of aliphatic hydroxyl groups is 3. The number of nitriles is 1. The summed E-state index contributed by atoms with van der Waals surface area (Å²) < 4.78 is 62.3. The van der Waals surface area contributed by atoms with Crippen LogP contribution in [0.4, 0.5) is 0 Å². The number of carbonyl (C=O) groups is 2. The van der Waals surface area contributed by atoms with E-state index in [4.69, 9.17) is 62.1 Å². The third-order valence-corrected chi connectivity index (χ3v) is 29.0. The molecule has 593 valence electrons. The SMILES string of the molecule is COc1c(C)cc2c(c1O)[C@@H]1[C@@H]3[C@@H]4SC[C@]5(N[C@H](CO)Cc6c5oc5ccccc65)C(=O)OC[C@@H](c5c6c(c(C)c(C)c54)OCO6)N3[C@@H](C#N)[C@H](C2)N1C.COc1c(C)cc2c(c1O)[C@@H]1[C@@H]3[C@@H]4SC[C@]5(N[C@H](CO)Cc6c5oc5ccccc65)C(=O)OC[C@@H](c5c6c(c(C)c(C)c54)OCO6)N3[C@@H](O)[C@H](C2)N1C.O=[N+]([O-])O.[Ag]. The summed E-state index contributed by atoms with van der Waals surface area (Å²) in [5.41, 5.74) is 13.4. The van der Waals surface area contributed by atoms with Crippen molar-refractivity contribution >= 4 is 57.4 Å². The Hall–Kier alpha value is -8.49. The molecule has 22 rings (SSSR count). The second-order valence-corrected chi connectivity index (χ2v) is 33.5. The minimum atomic E-state index is -1.50. The number of thioether (sulfide) groups is 2. The Kier molecular flexibility index (Phi) is 19.2. The van der Waals surface area contributed by atoms with Gasteiger partial charge in [-0.15, -0.1) is 33.6 Å². The number of nitrogens with one attached hydrogen (secondary N) is 2. The monoisotopic (exact) mass is 1660 g/mol. The first-order chi connectivity index (χ1) is 53.4. The van der Waals surface area contributed by atoms with Gasteiger partial charge in [0.15, 0.2) is 57.1 Å². The standard InChI is InChI=1S/C41H42N4O8S.C40H43N3O9S.Ag.HNO3/c1-18-10-21-11-25-26(13-42)45-27-15-50-40(48)41(39-24(12-22(14-46)43-41)23-8-6-7-9-28(23)53-39)16-54-38(29-19(2)20(3)36-37(31(27)29)52-17-51-36)33(45)32(44(25)4)30(21)34(47)35(18)49-5;1-17-10-20-11-24-38(46)43-25-14-49-39(47)40(37-23(12-21(13-44)41-40)22-8-6-7-9-26(22)52-37)15-53-36(27-18(2)19(3)34-35(29(25)27)51-16-50-34)31(43)30(42(24)4)28(20)32(45)33(17)48-5;;2-1(3)4/h6-10,22,25-27,32-33,38,43,46-47H,11-12,14-17H2,1-5H3;6-10,21,24-25,30-31,36,38,41,44-46H,11-16H2,1-5H3;;(H,2,3,4)/t22-,25-,26-,27-,32+,33+,38+,41+;21-,24-,25-,30+,31+,36+,38-,40+;;/m00../s1. The number of fused-ring (bicyclic) bond motifs is 22. The van der Waals surface area contributed by atoms with E-state index in [1.807, 2.05) is 83.3 Å². The summed E-state index contributed by atoms with van der Waals surface area (Å²) in [5, 5.41) is 90.8. The number of rotatable bonds is 4. The molecular weight excluding hydrogens is 1580 g/mol. The second kappa shape index (κ2) is 28.2. The van der Waals surface area contributed by atoms with Crippen molar-refractivity contribution in [3.05, 3.63) is 171 Å². The number of phenolic OH excluding ortho intramolecular Hbond substituents is 2. The average molecular weight is 1660 g/mol. The van der Waals surface area contributed by atoms with E-state index in [-0.39, 0.29) is 126 Å². The molecule has 6 aromatic carbocycles. The molecule has 28 nitrogen and oxygen atoms in total. The van der Waals surface area contributed by atoms with Crippen molar-refractivity contribution < 1.29 is 115 Å². The summed E-state index contributed by atoms with van der Waals surface area (Å²) >= 11 is 3.21. The van der Waals surface area contributed by atoms with Gasteiger partial charge in [-0.05, 0) is 149 Å². The number of phenols is 2. The predicted octanol–water partition coefficient (Wildman–Crippen LogP) is 8.60. The summed E-state index contributed by atoms with van der Waals surface area (Å²) in [7, 11) is 7.23. The number of methoxy groups -OCH3 is 2. The number of piperazine rings is 2. The van der Waals surface area contributed by atoms with E-state index in [2.05, 4.69) is 69.3 Å². The number of nitrogens with zero attached hydrogens (tertiary/aromatic N) is 6. The van der Waals surface area contributed by atoms with E-state index in [1.54, 1.807) is 37.7 Å². The zero-order valence-electron chi connectivity index (χ0n) is 63.0. The van der Waals surface area contributed by atoms with Crippen LogP contribution in [-0.4, -0.2) is 196 Å². The van der Waals surface area contributed by atoms with Crippen LogP contribution in [0.15, 0.2) is 69.5 Å². The topological polar surface area (TPSA) is 360 Å². The molecule has 2 aromatic heterocycles. The molecule has 8 N–H and O–H groups in total. The predicted molar refractivity (Wildman–Crippen MR) is 403 cm³/mol. The maximum absolute atomic E-state index is 14.9. The third kappa shape index (κ3) is 10.8. The Labute approximate surface area is 668 Å². The van der Waals surface area contributed by atoms with Crippen LogP contribution in [0.5, 0.6) is 46.0 Å². The van der Waals surface area contributed by atoms with Gasteiger partial charge < -0.3 is 77.5 Å². The molecule has 2 spiro atoms. The van der Waals surface area contributed by atoms with E-state index < -0.39 is 70.6 Å². The van der Waals surface area contributed by atoms with Gasteiger partial charge in [-0.3, -0.25) is 30.2 Å². The van der Waals surface area contributed by atoms with Gasteiger partial charge in [-0.2, -0.15) is 5.26 Å². The number of carbonyl (C=O) groups excluding carboxylic acids is 2. The molecule has 0 amide bonds. The first-order valence-electron chi connectivity index (χ1n) is 37.4. The minimum Gasteiger partial charge on any atom is -0.504 e. The summed E-state index contributed by atoms with van der Waals surface area (Å²) in [6.07, 6.45) is 1.10. The van der Waals surface area contributed by atoms with E-state index in [0.29, 0.717) is 82.9 Å². The number of ether oxygens (including phenoxy) is 8. The van der Waals surface area contributed by atoms with Gasteiger partial charge in [0, 0.05) is 119 Å². The van der Waals surface area contributed by atoms with Gasteiger partial charge in [-0.1, -0.05) is 48.5 Å². The number of benzene rings is 6. The van der Waals surface area contributed by atoms with Crippen LogP contribution in [-0.2, 0) is 78.2 Å². The Balaban J connectivity index is 0.000000154. The summed E-state index contributed by atoms with van der Waals surface area (Å²) in [4.78, 5) is 46.9. The smallest absolute Gasteiger partial charge is 0.335 e. The van der Waals surface area contributed by atoms with E-state index in [1.165, 1.54) is 0 Å². The van der Waals surface area contributed by atoms with E-state index in [9.17, 15) is 40.4 Å². The molecule has 16 heterocycles. The number of esters is 2. The van der Waals surface area contributed by atoms with Gasteiger partial charge in [0.05, 0.1) is 63.7 Å². The molecule has 14 aliphatic heterocycles.